The molecule has 8 heteroatoms. The molecule has 2 amide bonds. The van der Waals surface area contributed by atoms with E-state index in [0.717, 1.165) is 4.47 Å². The molecule has 6 nitrogen and oxygen atoms in total. The number of fused-ring (bicyclic) bond motifs is 1. The fraction of sp³-hybridized carbons (Fsp3) is 0.167. The summed E-state index contributed by atoms with van der Waals surface area (Å²) in [5, 5.41) is 2.86. The summed E-state index contributed by atoms with van der Waals surface area (Å²) in [4.78, 5) is 28.0. The van der Waals surface area contributed by atoms with Gasteiger partial charge in [-0.05, 0) is 48.0 Å². The van der Waals surface area contributed by atoms with Gasteiger partial charge in [0.2, 0.25) is 5.91 Å². The molecule has 0 aliphatic carbocycles. The number of rotatable bonds is 4. The van der Waals surface area contributed by atoms with E-state index in [0.29, 0.717) is 28.3 Å². The molecular formula is C24H20BrFN2O4. The van der Waals surface area contributed by atoms with Crippen molar-refractivity contribution in [2.75, 3.05) is 26.1 Å². The summed E-state index contributed by atoms with van der Waals surface area (Å²) in [5.41, 5.74) is 2.25. The summed E-state index contributed by atoms with van der Waals surface area (Å²) in [7, 11) is 2.99. The van der Waals surface area contributed by atoms with E-state index in [-0.39, 0.29) is 23.8 Å². The molecule has 0 saturated carbocycles. The zero-order valence-electron chi connectivity index (χ0n) is 17.4. The molecule has 4 rings (SSSR count). The number of carbonyl (C=O) groups is 2. The summed E-state index contributed by atoms with van der Waals surface area (Å²) in [6.07, 6.45) is 0. The van der Waals surface area contributed by atoms with Gasteiger partial charge in [-0.1, -0.05) is 28.1 Å². The highest BCUT2D eigenvalue weighted by molar-refractivity contribution is 9.10. The SMILES string of the molecule is COc1ccc(C(=O)N2CC(=O)Nc3ccc(Br)cc3[C@H]2c2ccc(F)cc2)c(OC)c1. The molecule has 1 aliphatic rings. The fourth-order valence-corrected chi connectivity index (χ4v) is 4.18. The Bertz CT molecular complexity index is 1180. The number of amides is 2. The Kier molecular flexibility index (Phi) is 6.14. The van der Waals surface area contributed by atoms with Gasteiger partial charge >= 0.3 is 0 Å². The minimum absolute atomic E-state index is 0.192. The molecule has 1 N–H and O–H groups in total. The third kappa shape index (κ3) is 4.18. The van der Waals surface area contributed by atoms with Crippen LogP contribution >= 0.6 is 15.9 Å². The molecule has 0 spiro atoms. The normalized spacial score (nSPS) is 15.4. The van der Waals surface area contributed by atoms with Crippen molar-refractivity contribution in [2.45, 2.75) is 6.04 Å². The number of ether oxygens (including phenoxy) is 2. The van der Waals surface area contributed by atoms with Gasteiger partial charge in [0.1, 0.15) is 23.9 Å². The van der Waals surface area contributed by atoms with Gasteiger partial charge in [0.05, 0.1) is 25.8 Å². The molecule has 3 aromatic carbocycles. The van der Waals surface area contributed by atoms with Crippen LogP contribution in [-0.4, -0.2) is 37.5 Å². The van der Waals surface area contributed by atoms with Crippen LogP contribution in [0.4, 0.5) is 10.1 Å². The Morgan fingerprint density at radius 1 is 1.06 bits per heavy atom. The lowest BCUT2D eigenvalue weighted by molar-refractivity contribution is -0.117. The molecule has 0 aromatic heterocycles. The van der Waals surface area contributed by atoms with E-state index in [1.807, 2.05) is 12.1 Å². The minimum Gasteiger partial charge on any atom is -0.497 e. The Hall–Kier alpha value is -3.39. The van der Waals surface area contributed by atoms with E-state index in [1.165, 1.54) is 31.3 Å². The van der Waals surface area contributed by atoms with Gasteiger partial charge in [0.25, 0.3) is 5.91 Å². The largest absolute Gasteiger partial charge is 0.497 e. The second-order valence-corrected chi connectivity index (χ2v) is 8.15. The Labute approximate surface area is 193 Å². The number of halogens is 2. The third-order valence-corrected chi connectivity index (χ3v) is 5.79. The smallest absolute Gasteiger partial charge is 0.258 e. The van der Waals surface area contributed by atoms with E-state index in [2.05, 4.69) is 21.2 Å². The second-order valence-electron chi connectivity index (χ2n) is 7.23. The van der Waals surface area contributed by atoms with Crippen molar-refractivity contribution in [3.05, 3.63) is 87.6 Å². The van der Waals surface area contributed by atoms with Crippen molar-refractivity contribution in [3.8, 4) is 11.5 Å². The maximum Gasteiger partial charge on any atom is 0.258 e. The minimum atomic E-state index is -0.638. The molecule has 0 unspecified atom stereocenters. The predicted octanol–water partition coefficient (Wildman–Crippen LogP) is 4.79. The van der Waals surface area contributed by atoms with Crippen LogP contribution in [0.1, 0.15) is 27.5 Å². The van der Waals surface area contributed by atoms with Gasteiger partial charge in [-0.3, -0.25) is 9.59 Å². The van der Waals surface area contributed by atoms with Crippen LogP contribution in [0.2, 0.25) is 0 Å². The zero-order valence-corrected chi connectivity index (χ0v) is 19.0. The molecule has 164 valence electrons. The summed E-state index contributed by atoms with van der Waals surface area (Å²) < 4.78 is 25.1. The first-order valence-corrected chi connectivity index (χ1v) is 10.6. The lowest BCUT2D eigenvalue weighted by Gasteiger charge is -2.31. The topological polar surface area (TPSA) is 67.9 Å². The van der Waals surface area contributed by atoms with Crippen LogP contribution in [0.3, 0.4) is 0 Å². The van der Waals surface area contributed by atoms with E-state index < -0.39 is 11.9 Å². The number of methoxy groups -OCH3 is 2. The van der Waals surface area contributed by atoms with Gasteiger partial charge in [0, 0.05) is 21.8 Å². The molecule has 0 fully saturated rings. The number of carbonyl (C=O) groups excluding carboxylic acids is 2. The monoisotopic (exact) mass is 498 g/mol. The summed E-state index contributed by atoms with van der Waals surface area (Å²) in [6.45, 7) is -0.192. The number of benzene rings is 3. The van der Waals surface area contributed by atoms with Crippen LogP contribution < -0.4 is 14.8 Å². The van der Waals surface area contributed by atoms with Gasteiger partial charge in [0.15, 0.2) is 0 Å². The molecule has 0 saturated heterocycles. The van der Waals surface area contributed by atoms with E-state index >= 15 is 0 Å². The van der Waals surface area contributed by atoms with Gasteiger partial charge < -0.3 is 19.7 Å². The maximum atomic E-state index is 13.8. The van der Waals surface area contributed by atoms with E-state index in [9.17, 15) is 14.0 Å². The lowest BCUT2D eigenvalue weighted by Crippen LogP contribution is -2.39. The van der Waals surface area contributed by atoms with Crippen LogP contribution in [0, 0.1) is 5.82 Å². The highest BCUT2D eigenvalue weighted by Gasteiger charge is 2.35. The molecule has 3 aromatic rings. The fourth-order valence-electron chi connectivity index (χ4n) is 3.80. The maximum absolute atomic E-state index is 13.8. The first-order valence-electron chi connectivity index (χ1n) is 9.79. The summed E-state index contributed by atoms with van der Waals surface area (Å²) in [5.74, 6) is -0.260. The van der Waals surface area contributed by atoms with E-state index in [4.69, 9.17) is 9.47 Å². The lowest BCUT2D eigenvalue weighted by atomic mass is 9.95. The van der Waals surface area contributed by atoms with E-state index in [1.54, 1.807) is 36.4 Å². The van der Waals surface area contributed by atoms with Crippen LogP contribution in [-0.2, 0) is 4.79 Å². The van der Waals surface area contributed by atoms with Crippen molar-refractivity contribution in [1.82, 2.24) is 4.90 Å². The van der Waals surface area contributed by atoms with Gasteiger partial charge in [-0.25, -0.2) is 4.39 Å². The highest BCUT2D eigenvalue weighted by Crippen LogP contribution is 2.39. The molecular weight excluding hydrogens is 479 g/mol. The van der Waals surface area contributed by atoms with Crippen LogP contribution in [0.15, 0.2) is 65.1 Å². The Balaban J connectivity index is 1.89. The third-order valence-electron chi connectivity index (χ3n) is 5.29. The first kappa shape index (κ1) is 21.8. The standard InChI is InChI=1S/C24H20BrFN2O4/c1-31-17-8-9-18(21(12-17)32-2)24(30)28-13-22(29)27-20-10-5-15(25)11-19(20)23(28)14-3-6-16(26)7-4-14/h3-12,23H,13H2,1-2H3,(H,27,29)/t23-/m1/s1. The van der Waals surface area contributed by atoms with Crippen LogP contribution in [0.5, 0.6) is 11.5 Å². The number of anilines is 1. The molecule has 1 aliphatic heterocycles. The number of hydrogen-bond acceptors (Lipinski definition) is 4. The molecule has 0 radical (unpaired) electrons. The zero-order chi connectivity index (χ0) is 22.8. The number of nitrogens with one attached hydrogen (secondary N) is 1. The molecule has 0 bridgehead atoms. The van der Waals surface area contributed by atoms with Crippen molar-refractivity contribution in [2.24, 2.45) is 0 Å². The average Bonchev–Trinajstić information content (AvgIpc) is 2.94. The average molecular weight is 499 g/mol. The van der Waals surface area contributed by atoms with Crippen molar-refractivity contribution in [1.29, 1.82) is 0 Å². The number of hydrogen-bond donors (Lipinski definition) is 1. The Morgan fingerprint density at radius 2 is 1.81 bits per heavy atom. The molecule has 1 atom stereocenters. The Morgan fingerprint density at radius 3 is 2.50 bits per heavy atom. The summed E-state index contributed by atoms with van der Waals surface area (Å²) >= 11 is 3.47. The predicted molar refractivity (Wildman–Crippen MR) is 122 cm³/mol. The van der Waals surface area contributed by atoms with Gasteiger partial charge in [-0.15, -0.1) is 0 Å². The van der Waals surface area contributed by atoms with Crippen molar-refractivity contribution < 1.29 is 23.5 Å². The molecule has 32 heavy (non-hydrogen) atoms. The summed E-state index contributed by atoms with van der Waals surface area (Å²) in [6, 6.07) is 15.6. The van der Waals surface area contributed by atoms with Crippen molar-refractivity contribution >= 4 is 33.4 Å². The second kappa shape index (κ2) is 9.00. The first-order chi connectivity index (χ1) is 15.4. The quantitative estimate of drug-likeness (QED) is 0.561. The van der Waals surface area contributed by atoms with Crippen molar-refractivity contribution in [3.63, 3.8) is 0 Å². The van der Waals surface area contributed by atoms with Gasteiger partial charge in [-0.2, -0.15) is 0 Å². The molecule has 1 heterocycles. The van der Waals surface area contributed by atoms with Crippen LogP contribution in [0.25, 0.3) is 0 Å². The highest BCUT2D eigenvalue weighted by atomic mass is 79.9. The number of nitrogens with zero attached hydrogens (tertiary/aromatic N) is 1.